The predicted octanol–water partition coefficient (Wildman–Crippen LogP) is 3.49. The zero-order valence-corrected chi connectivity index (χ0v) is 14.7. The van der Waals surface area contributed by atoms with Crippen LogP contribution in [0.15, 0.2) is 53.2 Å². The monoisotopic (exact) mass is 369 g/mol. The Morgan fingerprint density at radius 2 is 2.04 bits per heavy atom. The maximum Gasteiger partial charge on any atom is 0.363 e. The summed E-state index contributed by atoms with van der Waals surface area (Å²) in [6.07, 6.45) is 1.74. The molecule has 0 spiro atoms. The summed E-state index contributed by atoms with van der Waals surface area (Å²) in [5.74, 6) is -0.828. The van der Waals surface area contributed by atoms with Crippen molar-refractivity contribution in [3.8, 4) is 11.5 Å². The van der Waals surface area contributed by atoms with E-state index in [9.17, 15) is 14.0 Å². The molecular weight excluding hydrogens is 353 g/mol. The number of aliphatic imine (C=N–C) groups is 1. The molecule has 0 radical (unpaired) electrons. The highest BCUT2D eigenvalue weighted by atomic mass is 19.1. The van der Waals surface area contributed by atoms with Crippen LogP contribution in [-0.4, -0.2) is 24.9 Å². The quantitative estimate of drug-likeness (QED) is 0.458. The van der Waals surface area contributed by atoms with Crippen molar-refractivity contribution in [2.75, 3.05) is 7.11 Å². The number of carbonyl (C=O) groups excluding carboxylic acids is 2. The van der Waals surface area contributed by atoms with Gasteiger partial charge in [0.15, 0.2) is 17.2 Å². The fraction of sp³-hybridized carbons (Fsp3) is 0.150. The third-order valence-electron chi connectivity index (χ3n) is 3.70. The molecule has 138 valence electrons. The molecule has 0 bridgehead atoms. The van der Waals surface area contributed by atoms with Crippen LogP contribution < -0.4 is 9.47 Å². The first kappa shape index (κ1) is 18.3. The first-order valence-electron chi connectivity index (χ1n) is 8.17. The number of methoxy groups -OCH3 is 1. The van der Waals surface area contributed by atoms with Crippen LogP contribution in [0.1, 0.15) is 24.5 Å². The van der Waals surface area contributed by atoms with E-state index >= 15 is 0 Å². The van der Waals surface area contributed by atoms with Crippen LogP contribution in [0.5, 0.6) is 11.5 Å². The van der Waals surface area contributed by atoms with Crippen LogP contribution in [0.4, 0.5) is 4.39 Å². The number of esters is 2. The molecule has 1 aliphatic rings. The Balaban J connectivity index is 1.89. The summed E-state index contributed by atoms with van der Waals surface area (Å²) < 4.78 is 28.9. The highest BCUT2D eigenvalue weighted by molar-refractivity contribution is 6.12. The number of hydrogen-bond acceptors (Lipinski definition) is 6. The van der Waals surface area contributed by atoms with Crippen LogP contribution in [0.3, 0.4) is 0 Å². The van der Waals surface area contributed by atoms with Crippen molar-refractivity contribution < 1.29 is 28.2 Å². The lowest BCUT2D eigenvalue weighted by atomic mass is 10.1. The Morgan fingerprint density at radius 1 is 1.22 bits per heavy atom. The number of halogens is 1. The van der Waals surface area contributed by atoms with E-state index in [1.807, 2.05) is 0 Å². The van der Waals surface area contributed by atoms with E-state index in [4.69, 9.17) is 14.2 Å². The molecule has 0 unspecified atom stereocenters. The standard InChI is InChI=1S/C20H16FNO5/c1-3-18(23)26-16-8-7-12(10-17(16)25-2)9-15-20(24)27-19(22-15)13-5-4-6-14(21)11-13/h4-11H,3H2,1-2H3. The van der Waals surface area contributed by atoms with E-state index in [1.165, 1.54) is 31.4 Å². The van der Waals surface area contributed by atoms with Crippen LogP contribution in [0, 0.1) is 5.82 Å². The number of carbonyl (C=O) groups is 2. The molecule has 0 amide bonds. The summed E-state index contributed by atoms with van der Waals surface area (Å²) >= 11 is 0. The topological polar surface area (TPSA) is 74.2 Å². The van der Waals surface area contributed by atoms with E-state index in [0.29, 0.717) is 16.9 Å². The van der Waals surface area contributed by atoms with E-state index in [1.54, 1.807) is 31.2 Å². The van der Waals surface area contributed by atoms with Gasteiger partial charge in [0.2, 0.25) is 5.90 Å². The number of rotatable bonds is 5. The Kier molecular flexibility index (Phi) is 5.30. The van der Waals surface area contributed by atoms with Gasteiger partial charge in [-0.3, -0.25) is 4.79 Å². The highest BCUT2D eigenvalue weighted by Gasteiger charge is 2.24. The average Bonchev–Trinajstić information content (AvgIpc) is 3.03. The van der Waals surface area contributed by atoms with E-state index in [2.05, 4.69) is 4.99 Å². The van der Waals surface area contributed by atoms with Crippen molar-refractivity contribution in [2.45, 2.75) is 13.3 Å². The molecule has 27 heavy (non-hydrogen) atoms. The third-order valence-corrected chi connectivity index (χ3v) is 3.70. The molecule has 0 saturated heterocycles. The normalized spacial score (nSPS) is 14.7. The zero-order chi connectivity index (χ0) is 19.4. The molecule has 0 aromatic heterocycles. The van der Waals surface area contributed by atoms with E-state index < -0.39 is 11.8 Å². The SMILES string of the molecule is CCC(=O)Oc1ccc(C=C2N=C(c3cccc(F)c3)OC2=O)cc1OC. The van der Waals surface area contributed by atoms with Crippen molar-refractivity contribution in [3.63, 3.8) is 0 Å². The molecule has 7 heteroatoms. The molecular formula is C20H16FNO5. The van der Waals surface area contributed by atoms with E-state index in [-0.39, 0.29) is 29.7 Å². The number of hydrogen-bond donors (Lipinski definition) is 0. The summed E-state index contributed by atoms with van der Waals surface area (Å²) in [5, 5.41) is 0. The number of benzene rings is 2. The van der Waals surface area contributed by atoms with Crippen molar-refractivity contribution >= 4 is 23.9 Å². The van der Waals surface area contributed by atoms with Crippen LogP contribution in [-0.2, 0) is 14.3 Å². The van der Waals surface area contributed by atoms with Gasteiger partial charge in [-0.25, -0.2) is 14.2 Å². The van der Waals surface area contributed by atoms with Crippen molar-refractivity contribution in [2.24, 2.45) is 4.99 Å². The summed E-state index contributed by atoms with van der Waals surface area (Å²) in [4.78, 5) is 27.6. The molecule has 0 saturated carbocycles. The van der Waals surface area contributed by atoms with Gasteiger partial charge in [-0.05, 0) is 42.0 Å². The van der Waals surface area contributed by atoms with Gasteiger partial charge in [0.25, 0.3) is 0 Å². The minimum absolute atomic E-state index is 0.0335. The Hall–Kier alpha value is -3.48. The first-order valence-corrected chi connectivity index (χ1v) is 8.17. The number of cyclic esters (lactones) is 1. The Morgan fingerprint density at radius 3 is 2.74 bits per heavy atom. The first-order chi connectivity index (χ1) is 13.0. The van der Waals surface area contributed by atoms with Gasteiger partial charge < -0.3 is 14.2 Å². The molecule has 0 fully saturated rings. The minimum atomic E-state index is -0.644. The van der Waals surface area contributed by atoms with Gasteiger partial charge in [0.05, 0.1) is 7.11 Å². The zero-order valence-electron chi connectivity index (χ0n) is 14.7. The maximum atomic E-state index is 13.3. The third kappa shape index (κ3) is 4.20. The maximum absolute atomic E-state index is 13.3. The highest BCUT2D eigenvalue weighted by Crippen LogP contribution is 2.30. The molecule has 2 aromatic carbocycles. The molecule has 0 aliphatic carbocycles. The average molecular weight is 369 g/mol. The molecule has 3 rings (SSSR count). The largest absolute Gasteiger partial charge is 0.493 e. The summed E-state index contributed by atoms with van der Waals surface area (Å²) in [6, 6.07) is 10.4. The fourth-order valence-electron chi connectivity index (χ4n) is 2.37. The Bertz CT molecular complexity index is 965. The second-order valence-electron chi connectivity index (χ2n) is 5.58. The smallest absolute Gasteiger partial charge is 0.363 e. The lowest BCUT2D eigenvalue weighted by Crippen LogP contribution is -2.06. The second-order valence-corrected chi connectivity index (χ2v) is 5.58. The van der Waals surface area contributed by atoms with Gasteiger partial charge in [0, 0.05) is 12.0 Å². The second kappa shape index (κ2) is 7.82. The minimum Gasteiger partial charge on any atom is -0.493 e. The predicted molar refractivity (Wildman–Crippen MR) is 95.9 cm³/mol. The van der Waals surface area contributed by atoms with Crippen molar-refractivity contribution in [1.29, 1.82) is 0 Å². The van der Waals surface area contributed by atoms with Gasteiger partial charge in [-0.15, -0.1) is 0 Å². The van der Waals surface area contributed by atoms with Gasteiger partial charge >= 0.3 is 11.9 Å². The van der Waals surface area contributed by atoms with Crippen LogP contribution in [0.2, 0.25) is 0 Å². The fourth-order valence-corrected chi connectivity index (χ4v) is 2.37. The van der Waals surface area contributed by atoms with Crippen molar-refractivity contribution in [1.82, 2.24) is 0 Å². The van der Waals surface area contributed by atoms with Gasteiger partial charge in [-0.2, -0.15) is 0 Å². The van der Waals surface area contributed by atoms with Gasteiger partial charge in [-0.1, -0.05) is 19.1 Å². The lowest BCUT2D eigenvalue weighted by Gasteiger charge is -2.09. The molecule has 2 aromatic rings. The summed E-state index contributed by atoms with van der Waals surface area (Å²) in [5.41, 5.74) is 1.03. The number of ether oxygens (including phenoxy) is 3. The number of nitrogens with zero attached hydrogens (tertiary/aromatic N) is 1. The van der Waals surface area contributed by atoms with Gasteiger partial charge in [0.1, 0.15) is 5.82 Å². The molecule has 0 atom stereocenters. The molecule has 6 nitrogen and oxygen atoms in total. The lowest BCUT2D eigenvalue weighted by molar-refractivity contribution is -0.134. The van der Waals surface area contributed by atoms with E-state index in [0.717, 1.165) is 0 Å². The molecule has 1 heterocycles. The molecule has 0 N–H and O–H groups in total. The summed E-state index contributed by atoms with van der Waals surface area (Å²) in [7, 11) is 1.44. The van der Waals surface area contributed by atoms with Crippen LogP contribution in [0.25, 0.3) is 6.08 Å². The van der Waals surface area contributed by atoms with Crippen molar-refractivity contribution in [3.05, 3.63) is 65.1 Å². The Labute approximate surface area is 154 Å². The van der Waals surface area contributed by atoms with Crippen LogP contribution >= 0.6 is 0 Å². The molecule has 1 aliphatic heterocycles. The summed E-state index contributed by atoms with van der Waals surface area (Å²) in [6.45, 7) is 1.69.